The average molecular weight is 233 g/mol. The monoisotopic (exact) mass is 233 g/mol. The molecule has 1 aliphatic rings. The van der Waals surface area contributed by atoms with E-state index < -0.39 is 0 Å². The lowest BCUT2D eigenvalue weighted by Crippen LogP contribution is -2.24. The zero-order valence-electron chi connectivity index (χ0n) is 10.4. The van der Waals surface area contributed by atoms with E-state index in [1.807, 2.05) is 12.1 Å². The number of nitrogens with zero attached hydrogens (tertiary/aromatic N) is 1. The van der Waals surface area contributed by atoms with Crippen LogP contribution in [0, 0.1) is 5.92 Å². The van der Waals surface area contributed by atoms with E-state index in [1.165, 1.54) is 12.0 Å². The zero-order chi connectivity index (χ0) is 12.3. The van der Waals surface area contributed by atoms with Crippen molar-refractivity contribution < 1.29 is 9.94 Å². The Bertz CT molecular complexity index is 397. The molecular weight excluding hydrogens is 214 g/mol. The molecule has 1 aromatic rings. The Hall–Kier alpha value is -1.51. The maximum atomic E-state index is 9.10. The standard InChI is InChI=1S/C14H19NO2/c1-10-4-3-5-13(15-16)14(10)11-6-8-12(17-2)9-7-11/h6-10,14,16H,3-5H2,1-2H3/b15-13-/t10-,14-/m0/s1. The van der Waals surface area contributed by atoms with Crippen LogP contribution >= 0.6 is 0 Å². The lowest BCUT2D eigenvalue weighted by atomic mass is 9.75. The Morgan fingerprint density at radius 1 is 1.29 bits per heavy atom. The first kappa shape index (κ1) is 12.0. The predicted molar refractivity (Wildman–Crippen MR) is 68.0 cm³/mol. The molecule has 1 aliphatic carbocycles. The third-order valence-electron chi connectivity index (χ3n) is 3.62. The Morgan fingerprint density at radius 2 is 2.00 bits per heavy atom. The topological polar surface area (TPSA) is 41.8 Å². The van der Waals surface area contributed by atoms with Crippen molar-refractivity contribution in [1.29, 1.82) is 0 Å². The highest BCUT2D eigenvalue weighted by atomic mass is 16.5. The van der Waals surface area contributed by atoms with Crippen molar-refractivity contribution >= 4 is 5.71 Å². The summed E-state index contributed by atoms with van der Waals surface area (Å²) >= 11 is 0. The summed E-state index contributed by atoms with van der Waals surface area (Å²) in [5.41, 5.74) is 2.12. The minimum Gasteiger partial charge on any atom is -0.497 e. The molecule has 1 fully saturated rings. The molecule has 17 heavy (non-hydrogen) atoms. The molecule has 2 atom stereocenters. The summed E-state index contributed by atoms with van der Waals surface area (Å²) in [4.78, 5) is 0. The first-order valence-corrected chi connectivity index (χ1v) is 6.11. The number of hydrogen-bond donors (Lipinski definition) is 1. The lowest BCUT2D eigenvalue weighted by Gasteiger charge is -2.29. The number of hydrogen-bond acceptors (Lipinski definition) is 3. The van der Waals surface area contributed by atoms with Gasteiger partial charge >= 0.3 is 0 Å². The van der Waals surface area contributed by atoms with Crippen molar-refractivity contribution in [2.75, 3.05) is 7.11 Å². The van der Waals surface area contributed by atoms with Gasteiger partial charge in [-0.05, 0) is 42.9 Å². The van der Waals surface area contributed by atoms with Crippen molar-refractivity contribution in [3.05, 3.63) is 29.8 Å². The molecule has 0 unspecified atom stereocenters. The predicted octanol–water partition coefficient (Wildman–Crippen LogP) is 3.43. The van der Waals surface area contributed by atoms with Gasteiger partial charge in [0.1, 0.15) is 5.75 Å². The highest BCUT2D eigenvalue weighted by molar-refractivity contribution is 5.91. The van der Waals surface area contributed by atoms with Crippen LogP contribution in [0.25, 0.3) is 0 Å². The molecule has 2 rings (SSSR count). The summed E-state index contributed by atoms with van der Waals surface area (Å²) in [6, 6.07) is 8.06. The van der Waals surface area contributed by atoms with E-state index in [9.17, 15) is 0 Å². The van der Waals surface area contributed by atoms with Crippen LogP contribution in [0.15, 0.2) is 29.4 Å². The van der Waals surface area contributed by atoms with Gasteiger partial charge < -0.3 is 9.94 Å². The quantitative estimate of drug-likeness (QED) is 0.628. The minimum atomic E-state index is 0.250. The van der Waals surface area contributed by atoms with Crippen LogP contribution in [-0.4, -0.2) is 18.0 Å². The van der Waals surface area contributed by atoms with Crippen LogP contribution in [0.5, 0.6) is 5.75 Å². The fourth-order valence-electron chi connectivity index (χ4n) is 2.70. The van der Waals surface area contributed by atoms with Crippen molar-refractivity contribution in [3.63, 3.8) is 0 Å². The SMILES string of the molecule is COc1ccc([C@H]2/C(=N\O)CCC[C@@H]2C)cc1. The number of rotatable bonds is 2. The molecule has 3 nitrogen and oxygen atoms in total. The summed E-state index contributed by atoms with van der Waals surface area (Å²) in [7, 11) is 1.67. The van der Waals surface area contributed by atoms with Gasteiger partial charge in [0.05, 0.1) is 12.8 Å². The molecule has 0 saturated heterocycles. The van der Waals surface area contributed by atoms with E-state index in [0.717, 1.165) is 24.3 Å². The Labute approximate surface area is 102 Å². The van der Waals surface area contributed by atoms with Crippen molar-refractivity contribution in [2.45, 2.75) is 32.1 Å². The molecular formula is C14H19NO2. The molecule has 1 saturated carbocycles. The van der Waals surface area contributed by atoms with Gasteiger partial charge in [0.15, 0.2) is 0 Å². The maximum Gasteiger partial charge on any atom is 0.118 e. The number of benzene rings is 1. The Morgan fingerprint density at radius 3 is 2.59 bits per heavy atom. The molecule has 0 bridgehead atoms. The molecule has 0 heterocycles. The first-order valence-electron chi connectivity index (χ1n) is 6.11. The van der Waals surface area contributed by atoms with E-state index in [2.05, 4.69) is 24.2 Å². The van der Waals surface area contributed by atoms with E-state index in [1.54, 1.807) is 7.11 Å². The Kier molecular flexibility index (Phi) is 3.67. The lowest BCUT2D eigenvalue weighted by molar-refractivity contribution is 0.307. The molecule has 92 valence electrons. The summed E-state index contributed by atoms with van der Waals surface area (Å²) in [6.07, 6.45) is 3.21. The van der Waals surface area contributed by atoms with Crippen LogP contribution in [0.3, 0.4) is 0 Å². The molecule has 1 N–H and O–H groups in total. The molecule has 1 aromatic carbocycles. The second kappa shape index (κ2) is 5.21. The van der Waals surface area contributed by atoms with Crippen LogP contribution in [0.1, 0.15) is 37.7 Å². The zero-order valence-corrected chi connectivity index (χ0v) is 10.4. The third-order valence-corrected chi connectivity index (χ3v) is 3.62. The number of ether oxygens (including phenoxy) is 1. The molecule has 0 amide bonds. The van der Waals surface area contributed by atoms with Gasteiger partial charge in [-0.2, -0.15) is 0 Å². The summed E-state index contributed by atoms with van der Waals surface area (Å²) in [6.45, 7) is 2.22. The first-order chi connectivity index (χ1) is 8.26. The van der Waals surface area contributed by atoms with E-state index in [-0.39, 0.29) is 5.92 Å². The fraction of sp³-hybridized carbons (Fsp3) is 0.500. The van der Waals surface area contributed by atoms with Gasteiger partial charge in [-0.1, -0.05) is 24.2 Å². The number of oxime groups is 1. The van der Waals surface area contributed by atoms with Gasteiger partial charge in [-0.15, -0.1) is 0 Å². The minimum absolute atomic E-state index is 0.250. The van der Waals surface area contributed by atoms with E-state index in [0.29, 0.717) is 5.92 Å². The van der Waals surface area contributed by atoms with Crippen LogP contribution < -0.4 is 4.74 Å². The molecule has 0 aliphatic heterocycles. The molecule has 0 aromatic heterocycles. The summed E-state index contributed by atoms with van der Waals surface area (Å²) in [5, 5.41) is 12.6. The third kappa shape index (κ3) is 2.43. The summed E-state index contributed by atoms with van der Waals surface area (Å²) < 4.78 is 5.16. The Balaban J connectivity index is 2.28. The maximum absolute atomic E-state index is 9.10. The van der Waals surface area contributed by atoms with Gasteiger partial charge in [0, 0.05) is 5.92 Å². The number of methoxy groups -OCH3 is 1. The molecule has 3 heteroatoms. The fourth-order valence-corrected chi connectivity index (χ4v) is 2.70. The highest BCUT2D eigenvalue weighted by Crippen LogP contribution is 2.36. The second-order valence-corrected chi connectivity index (χ2v) is 4.71. The van der Waals surface area contributed by atoms with Crippen molar-refractivity contribution in [1.82, 2.24) is 0 Å². The normalized spacial score (nSPS) is 27.1. The van der Waals surface area contributed by atoms with Gasteiger partial charge in [-0.25, -0.2) is 0 Å². The van der Waals surface area contributed by atoms with E-state index >= 15 is 0 Å². The van der Waals surface area contributed by atoms with Gasteiger partial charge in [0.2, 0.25) is 0 Å². The van der Waals surface area contributed by atoms with Crippen molar-refractivity contribution in [3.8, 4) is 5.75 Å². The average Bonchev–Trinajstić information content (AvgIpc) is 2.38. The van der Waals surface area contributed by atoms with Gasteiger partial charge in [0.25, 0.3) is 0 Å². The van der Waals surface area contributed by atoms with Crippen LogP contribution in [0.2, 0.25) is 0 Å². The molecule has 0 radical (unpaired) electrons. The van der Waals surface area contributed by atoms with E-state index in [4.69, 9.17) is 9.94 Å². The summed E-state index contributed by atoms with van der Waals surface area (Å²) in [5.74, 6) is 1.64. The smallest absolute Gasteiger partial charge is 0.118 e. The highest BCUT2D eigenvalue weighted by Gasteiger charge is 2.28. The van der Waals surface area contributed by atoms with Gasteiger partial charge in [-0.3, -0.25) is 0 Å². The largest absolute Gasteiger partial charge is 0.497 e. The second-order valence-electron chi connectivity index (χ2n) is 4.71. The molecule has 0 spiro atoms. The van der Waals surface area contributed by atoms with Crippen molar-refractivity contribution in [2.24, 2.45) is 11.1 Å². The van der Waals surface area contributed by atoms with Crippen LogP contribution in [-0.2, 0) is 0 Å². The van der Waals surface area contributed by atoms with Crippen LogP contribution in [0.4, 0.5) is 0 Å².